The Balaban J connectivity index is 2.04. The average Bonchev–Trinajstić information content (AvgIpc) is 2.53. The Morgan fingerprint density at radius 2 is 2.17 bits per heavy atom. The second kappa shape index (κ2) is 4.96. The molecule has 0 radical (unpaired) electrons. The van der Waals surface area contributed by atoms with Crippen LogP contribution in [0.4, 0.5) is 0 Å². The van der Waals surface area contributed by atoms with E-state index in [4.69, 9.17) is 4.74 Å². The summed E-state index contributed by atoms with van der Waals surface area (Å²) in [6.45, 7) is 2.34. The van der Waals surface area contributed by atoms with Gasteiger partial charge in [0, 0.05) is 6.42 Å². The fraction of sp³-hybridized carbons (Fsp3) is 0.700. The van der Waals surface area contributed by atoms with Crippen LogP contribution in [0.25, 0.3) is 0 Å². The van der Waals surface area contributed by atoms with Crippen LogP contribution in [-0.2, 0) is 9.53 Å². The molecule has 0 atom stereocenters. The molecule has 0 aromatic heterocycles. The van der Waals surface area contributed by atoms with Crippen molar-refractivity contribution < 1.29 is 9.53 Å². The fourth-order valence-electron chi connectivity index (χ4n) is 1.46. The second-order valence-corrected chi connectivity index (χ2v) is 3.15. The molecular formula is C10H16O2. The highest BCUT2D eigenvalue weighted by atomic mass is 16.5. The van der Waals surface area contributed by atoms with E-state index >= 15 is 0 Å². The highest BCUT2D eigenvalue weighted by Crippen LogP contribution is 2.22. The molecule has 0 saturated heterocycles. The smallest absolute Gasteiger partial charge is 0.305 e. The zero-order chi connectivity index (χ0) is 8.81. The lowest BCUT2D eigenvalue weighted by atomic mass is 10.0. The van der Waals surface area contributed by atoms with Crippen LogP contribution in [0, 0.1) is 5.92 Å². The summed E-state index contributed by atoms with van der Waals surface area (Å²) in [4.78, 5) is 11.0. The van der Waals surface area contributed by atoms with Gasteiger partial charge in [0.25, 0.3) is 0 Å². The van der Waals surface area contributed by atoms with E-state index in [-0.39, 0.29) is 5.97 Å². The number of rotatable bonds is 4. The first-order valence-electron chi connectivity index (χ1n) is 4.63. The maximum absolute atomic E-state index is 11.0. The van der Waals surface area contributed by atoms with E-state index in [1.54, 1.807) is 0 Å². The Labute approximate surface area is 73.6 Å². The third-order valence-electron chi connectivity index (χ3n) is 2.17. The zero-order valence-corrected chi connectivity index (χ0v) is 7.58. The molecule has 0 bridgehead atoms. The summed E-state index contributed by atoms with van der Waals surface area (Å²) in [5, 5.41) is 0. The molecule has 1 rings (SSSR count). The summed E-state index contributed by atoms with van der Waals surface area (Å²) in [6.07, 6.45) is 8.22. The van der Waals surface area contributed by atoms with Crippen LogP contribution in [0.5, 0.6) is 0 Å². The van der Waals surface area contributed by atoms with Gasteiger partial charge in [-0.05, 0) is 32.1 Å². The summed E-state index contributed by atoms with van der Waals surface area (Å²) in [7, 11) is 0. The van der Waals surface area contributed by atoms with Gasteiger partial charge in [0.15, 0.2) is 0 Å². The van der Waals surface area contributed by atoms with Crippen molar-refractivity contribution >= 4 is 5.97 Å². The van der Waals surface area contributed by atoms with Gasteiger partial charge in [-0.3, -0.25) is 4.79 Å². The molecule has 1 aliphatic rings. The van der Waals surface area contributed by atoms with E-state index in [0.717, 1.165) is 19.3 Å². The molecule has 0 aromatic carbocycles. The predicted molar refractivity (Wildman–Crippen MR) is 47.7 cm³/mol. The van der Waals surface area contributed by atoms with Crippen molar-refractivity contribution in [1.29, 1.82) is 0 Å². The minimum atomic E-state index is -0.0515. The minimum Gasteiger partial charge on any atom is -0.466 e. The monoisotopic (exact) mass is 168 g/mol. The largest absolute Gasteiger partial charge is 0.466 e. The second-order valence-electron chi connectivity index (χ2n) is 3.15. The molecule has 0 unspecified atom stereocenters. The van der Waals surface area contributed by atoms with Crippen molar-refractivity contribution in [2.24, 2.45) is 5.92 Å². The van der Waals surface area contributed by atoms with Crippen LogP contribution < -0.4 is 0 Å². The molecule has 68 valence electrons. The first kappa shape index (κ1) is 9.30. The molecule has 0 N–H and O–H groups in total. The summed E-state index contributed by atoms with van der Waals surface area (Å²) in [6, 6.07) is 0. The first-order chi connectivity index (χ1) is 5.83. The van der Waals surface area contributed by atoms with Crippen molar-refractivity contribution in [2.45, 2.75) is 32.6 Å². The molecule has 0 heterocycles. The molecule has 0 amide bonds. The van der Waals surface area contributed by atoms with Crippen molar-refractivity contribution in [3.63, 3.8) is 0 Å². The highest BCUT2D eigenvalue weighted by molar-refractivity contribution is 5.69. The van der Waals surface area contributed by atoms with Crippen molar-refractivity contribution in [3.8, 4) is 0 Å². The number of hydrogen-bond donors (Lipinski definition) is 0. The lowest BCUT2D eigenvalue weighted by molar-refractivity contribution is -0.143. The van der Waals surface area contributed by atoms with E-state index < -0.39 is 0 Å². The maximum atomic E-state index is 11.0. The first-order valence-corrected chi connectivity index (χ1v) is 4.63. The summed E-state index contributed by atoms with van der Waals surface area (Å²) < 4.78 is 4.84. The maximum Gasteiger partial charge on any atom is 0.305 e. The van der Waals surface area contributed by atoms with Gasteiger partial charge in [0.05, 0.1) is 6.61 Å². The zero-order valence-electron chi connectivity index (χ0n) is 7.58. The average molecular weight is 168 g/mol. The van der Waals surface area contributed by atoms with Gasteiger partial charge in [0.2, 0.25) is 0 Å². The minimum absolute atomic E-state index is 0.0515. The predicted octanol–water partition coefficient (Wildman–Crippen LogP) is 2.30. The van der Waals surface area contributed by atoms with E-state index in [9.17, 15) is 4.79 Å². The Morgan fingerprint density at radius 1 is 1.50 bits per heavy atom. The van der Waals surface area contributed by atoms with Crippen LogP contribution in [-0.4, -0.2) is 12.6 Å². The SMILES string of the molecule is CCOC(=O)CCC1CC=CC1. The number of carbonyl (C=O) groups excluding carboxylic acids is 1. The third-order valence-corrected chi connectivity index (χ3v) is 2.17. The van der Waals surface area contributed by atoms with Gasteiger partial charge in [-0.1, -0.05) is 12.2 Å². The molecule has 0 fully saturated rings. The quantitative estimate of drug-likeness (QED) is 0.475. The van der Waals surface area contributed by atoms with Gasteiger partial charge in [-0.25, -0.2) is 0 Å². The lowest BCUT2D eigenvalue weighted by Gasteiger charge is -2.07. The Morgan fingerprint density at radius 3 is 2.75 bits per heavy atom. The number of carbonyl (C=O) groups is 1. The lowest BCUT2D eigenvalue weighted by Crippen LogP contribution is -2.06. The van der Waals surface area contributed by atoms with E-state index in [1.165, 1.54) is 0 Å². The molecule has 2 heteroatoms. The summed E-state index contributed by atoms with van der Waals surface area (Å²) in [5.74, 6) is 0.638. The summed E-state index contributed by atoms with van der Waals surface area (Å²) >= 11 is 0. The van der Waals surface area contributed by atoms with Gasteiger partial charge in [-0.15, -0.1) is 0 Å². The van der Waals surface area contributed by atoms with E-state index in [0.29, 0.717) is 18.9 Å². The van der Waals surface area contributed by atoms with Crippen LogP contribution >= 0.6 is 0 Å². The number of esters is 1. The molecule has 0 aliphatic heterocycles. The Kier molecular flexibility index (Phi) is 3.85. The number of ether oxygens (including phenoxy) is 1. The van der Waals surface area contributed by atoms with E-state index in [1.807, 2.05) is 6.92 Å². The van der Waals surface area contributed by atoms with E-state index in [2.05, 4.69) is 12.2 Å². The van der Waals surface area contributed by atoms with Gasteiger partial charge in [-0.2, -0.15) is 0 Å². The van der Waals surface area contributed by atoms with Gasteiger partial charge < -0.3 is 4.74 Å². The normalized spacial score (nSPS) is 16.8. The Bertz CT molecular complexity index is 165. The third kappa shape index (κ3) is 3.07. The van der Waals surface area contributed by atoms with Crippen molar-refractivity contribution in [2.75, 3.05) is 6.61 Å². The topological polar surface area (TPSA) is 26.3 Å². The van der Waals surface area contributed by atoms with Gasteiger partial charge >= 0.3 is 5.97 Å². The standard InChI is InChI=1S/C10H16O2/c1-2-12-10(11)8-7-9-5-3-4-6-9/h3-4,9H,2,5-8H2,1H3. The van der Waals surface area contributed by atoms with Crippen LogP contribution in [0.15, 0.2) is 12.2 Å². The molecule has 0 saturated carbocycles. The van der Waals surface area contributed by atoms with Crippen LogP contribution in [0.1, 0.15) is 32.6 Å². The molecular weight excluding hydrogens is 152 g/mol. The highest BCUT2D eigenvalue weighted by Gasteiger charge is 2.12. The number of allylic oxidation sites excluding steroid dienone is 2. The van der Waals surface area contributed by atoms with Crippen LogP contribution in [0.3, 0.4) is 0 Å². The van der Waals surface area contributed by atoms with Crippen molar-refractivity contribution in [1.82, 2.24) is 0 Å². The summed E-state index contributed by atoms with van der Waals surface area (Å²) in [5.41, 5.74) is 0. The fourth-order valence-corrected chi connectivity index (χ4v) is 1.46. The molecule has 1 aliphatic carbocycles. The van der Waals surface area contributed by atoms with Gasteiger partial charge in [0.1, 0.15) is 0 Å². The molecule has 2 nitrogen and oxygen atoms in total. The molecule has 12 heavy (non-hydrogen) atoms. The van der Waals surface area contributed by atoms with Crippen molar-refractivity contribution in [3.05, 3.63) is 12.2 Å². The molecule has 0 spiro atoms. The number of hydrogen-bond acceptors (Lipinski definition) is 2. The van der Waals surface area contributed by atoms with Crippen LogP contribution in [0.2, 0.25) is 0 Å². The Hall–Kier alpha value is -0.790. The molecule has 0 aromatic rings.